The summed E-state index contributed by atoms with van der Waals surface area (Å²) in [7, 11) is 0. The first kappa shape index (κ1) is 16.9. The molecule has 0 aromatic heterocycles. The van der Waals surface area contributed by atoms with Gasteiger partial charge < -0.3 is 15.0 Å². The van der Waals surface area contributed by atoms with E-state index in [0.717, 1.165) is 43.1 Å². The van der Waals surface area contributed by atoms with Gasteiger partial charge in [-0.05, 0) is 64.3 Å². The minimum atomic E-state index is -0.456. The number of benzene rings is 1. The van der Waals surface area contributed by atoms with Gasteiger partial charge in [-0.1, -0.05) is 11.6 Å². The molecule has 1 aliphatic heterocycles. The lowest BCUT2D eigenvalue weighted by Gasteiger charge is -2.37. The van der Waals surface area contributed by atoms with E-state index < -0.39 is 5.60 Å². The van der Waals surface area contributed by atoms with Crippen molar-refractivity contribution in [2.24, 2.45) is 0 Å². The molecule has 1 N–H and O–H groups in total. The lowest BCUT2D eigenvalue weighted by molar-refractivity contribution is 0.0114. The fourth-order valence-electron chi connectivity index (χ4n) is 2.58. The predicted octanol–water partition coefficient (Wildman–Crippen LogP) is 4.54. The topological polar surface area (TPSA) is 41.6 Å². The third kappa shape index (κ3) is 5.09. The third-order valence-electron chi connectivity index (χ3n) is 3.64. The summed E-state index contributed by atoms with van der Waals surface area (Å²) in [5, 5.41) is 4.10. The van der Waals surface area contributed by atoms with E-state index in [4.69, 9.17) is 16.3 Å². The number of rotatable bonds is 3. The molecule has 0 bridgehead atoms. The monoisotopic (exact) mass is 324 g/mol. The lowest BCUT2D eigenvalue weighted by Crippen LogP contribution is -2.48. The van der Waals surface area contributed by atoms with Crippen LogP contribution in [0.25, 0.3) is 0 Å². The molecule has 0 aliphatic carbocycles. The van der Waals surface area contributed by atoms with Crippen LogP contribution in [0.4, 0.5) is 10.5 Å². The summed E-state index contributed by atoms with van der Waals surface area (Å²) in [6, 6.07) is 7.78. The fourth-order valence-corrected chi connectivity index (χ4v) is 2.70. The van der Waals surface area contributed by atoms with Crippen LogP contribution in [0.15, 0.2) is 24.3 Å². The smallest absolute Gasteiger partial charge is 0.410 e. The van der Waals surface area contributed by atoms with E-state index in [-0.39, 0.29) is 12.1 Å². The van der Waals surface area contributed by atoms with Gasteiger partial charge in [0.25, 0.3) is 0 Å². The summed E-state index contributed by atoms with van der Waals surface area (Å²) >= 11 is 5.89. The number of carbonyl (C=O) groups excluding carboxylic acids is 1. The Balaban J connectivity index is 1.94. The molecule has 4 nitrogen and oxygen atoms in total. The van der Waals surface area contributed by atoms with Crippen molar-refractivity contribution in [3.05, 3.63) is 29.3 Å². The number of ether oxygens (including phenoxy) is 1. The number of hydrogen-bond acceptors (Lipinski definition) is 3. The van der Waals surface area contributed by atoms with Gasteiger partial charge in [0.2, 0.25) is 0 Å². The largest absolute Gasteiger partial charge is 0.444 e. The van der Waals surface area contributed by atoms with Crippen molar-refractivity contribution in [2.75, 3.05) is 18.4 Å². The van der Waals surface area contributed by atoms with Gasteiger partial charge in [0, 0.05) is 23.8 Å². The van der Waals surface area contributed by atoms with Crippen LogP contribution in [-0.4, -0.2) is 35.7 Å². The van der Waals surface area contributed by atoms with E-state index in [1.54, 1.807) is 0 Å². The maximum Gasteiger partial charge on any atom is 0.410 e. The van der Waals surface area contributed by atoms with Crippen molar-refractivity contribution in [1.29, 1.82) is 0 Å². The third-order valence-corrected chi connectivity index (χ3v) is 3.89. The Kier molecular flexibility index (Phi) is 5.57. The zero-order valence-electron chi connectivity index (χ0n) is 13.6. The molecular formula is C17H25ClN2O2. The summed E-state index contributed by atoms with van der Waals surface area (Å²) in [6.07, 6.45) is 2.97. The summed E-state index contributed by atoms with van der Waals surface area (Å²) in [4.78, 5) is 14.2. The number of amides is 1. The highest BCUT2D eigenvalue weighted by atomic mass is 35.5. The molecule has 22 heavy (non-hydrogen) atoms. The average molecular weight is 325 g/mol. The summed E-state index contributed by atoms with van der Waals surface area (Å²) in [5.74, 6) is 0. The Labute approximate surface area is 137 Å². The molecule has 1 unspecified atom stereocenters. The average Bonchev–Trinajstić information content (AvgIpc) is 2.45. The van der Waals surface area contributed by atoms with E-state index in [0.29, 0.717) is 0 Å². The van der Waals surface area contributed by atoms with Crippen molar-refractivity contribution in [3.8, 4) is 0 Å². The van der Waals surface area contributed by atoms with Crippen LogP contribution < -0.4 is 5.32 Å². The van der Waals surface area contributed by atoms with Crippen molar-refractivity contribution >= 4 is 23.4 Å². The Morgan fingerprint density at radius 2 is 2.00 bits per heavy atom. The molecule has 1 fully saturated rings. The molecule has 2 rings (SSSR count). The van der Waals surface area contributed by atoms with Gasteiger partial charge in [-0.2, -0.15) is 0 Å². The van der Waals surface area contributed by atoms with Crippen molar-refractivity contribution in [3.63, 3.8) is 0 Å². The minimum absolute atomic E-state index is 0.166. The molecule has 1 saturated heterocycles. The van der Waals surface area contributed by atoms with Crippen LogP contribution in [0, 0.1) is 0 Å². The number of piperidine rings is 1. The SMILES string of the molecule is CC(C)(C)OC(=O)N1CCCCC1CNc1ccc(Cl)cc1. The van der Waals surface area contributed by atoms with Crippen LogP contribution in [0.2, 0.25) is 5.02 Å². The molecule has 1 aromatic rings. The number of likely N-dealkylation sites (tertiary alicyclic amines) is 1. The molecule has 0 saturated carbocycles. The molecule has 5 heteroatoms. The quantitative estimate of drug-likeness (QED) is 0.887. The first-order chi connectivity index (χ1) is 10.3. The van der Waals surface area contributed by atoms with Crippen LogP contribution in [0.3, 0.4) is 0 Å². The predicted molar refractivity (Wildman–Crippen MR) is 90.5 cm³/mol. The second kappa shape index (κ2) is 7.23. The van der Waals surface area contributed by atoms with Crippen molar-refractivity contribution in [2.45, 2.75) is 51.7 Å². The molecule has 122 valence electrons. The summed E-state index contributed by atoms with van der Waals surface area (Å²) < 4.78 is 5.52. The lowest BCUT2D eigenvalue weighted by atomic mass is 10.0. The minimum Gasteiger partial charge on any atom is -0.444 e. The van der Waals surface area contributed by atoms with Crippen molar-refractivity contribution in [1.82, 2.24) is 4.90 Å². The van der Waals surface area contributed by atoms with Crippen LogP contribution >= 0.6 is 11.6 Å². The first-order valence-corrected chi connectivity index (χ1v) is 8.22. The van der Waals surface area contributed by atoms with E-state index in [1.807, 2.05) is 49.9 Å². The van der Waals surface area contributed by atoms with E-state index in [1.165, 1.54) is 0 Å². The zero-order valence-corrected chi connectivity index (χ0v) is 14.3. The Hall–Kier alpha value is -1.42. The van der Waals surface area contributed by atoms with Gasteiger partial charge in [0.1, 0.15) is 5.60 Å². The number of halogens is 1. The van der Waals surface area contributed by atoms with Crippen LogP contribution in [0.5, 0.6) is 0 Å². The van der Waals surface area contributed by atoms with E-state index in [9.17, 15) is 4.79 Å². The Morgan fingerprint density at radius 1 is 1.32 bits per heavy atom. The number of anilines is 1. The molecule has 0 radical (unpaired) electrons. The second-order valence-corrected chi connectivity index (χ2v) is 7.15. The van der Waals surface area contributed by atoms with Crippen LogP contribution in [0.1, 0.15) is 40.0 Å². The molecule has 0 spiro atoms. The molecule has 1 amide bonds. The molecule has 1 atom stereocenters. The summed E-state index contributed by atoms with van der Waals surface area (Å²) in [5.41, 5.74) is 0.557. The van der Waals surface area contributed by atoms with E-state index >= 15 is 0 Å². The molecular weight excluding hydrogens is 300 g/mol. The van der Waals surface area contributed by atoms with Gasteiger partial charge in [-0.25, -0.2) is 4.79 Å². The van der Waals surface area contributed by atoms with Crippen LogP contribution in [-0.2, 0) is 4.74 Å². The van der Waals surface area contributed by atoms with Gasteiger partial charge in [-0.15, -0.1) is 0 Å². The zero-order chi connectivity index (χ0) is 16.2. The van der Waals surface area contributed by atoms with E-state index in [2.05, 4.69) is 5.32 Å². The Morgan fingerprint density at radius 3 is 2.64 bits per heavy atom. The van der Waals surface area contributed by atoms with Gasteiger partial charge in [0.15, 0.2) is 0 Å². The van der Waals surface area contributed by atoms with Crippen molar-refractivity contribution < 1.29 is 9.53 Å². The van der Waals surface area contributed by atoms with Gasteiger partial charge in [-0.3, -0.25) is 0 Å². The highest BCUT2D eigenvalue weighted by Gasteiger charge is 2.30. The summed E-state index contributed by atoms with van der Waals surface area (Å²) in [6.45, 7) is 7.18. The Bertz CT molecular complexity index is 496. The number of hydrogen-bond donors (Lipinski definition) is 1. The molecule has 1 heterocycles. The van der Waals surface area contributed by atoms with Gasteiger partial charge >= 0.3 is 6.09 Å². The standard InChI is InChI=1S/C17H25ClN2O2/c1-17(2,3)22-16(21)20-11-5-4-6-15(20)12-19-14-9-7-13(18)8-10-14/h7-10,15,19H,4-6,11-12H2,1-3H3. The number of nitrogens with zero attached hydrogens (tertiary/aromatic N) is 1. The number of carbonyl (C=O) groups is 1. The van der Waals surface area contributed by atoms with Gasteiger partial charge in [0.05, 0.1) is 6.04 Å². The molecule has 1 aromatic carbocycles. The first-order valence-electron chi connectivity index (χ1n) is 7.84. The maximum absolute atomic E-state index is 12.3. The second-order valence-electron chi connectivity index (χ2n) is 6.71. The number of nitrogens with one attached hydrogen (secondary N) is 1. The highest BCUT2D eigenvalue weighted by molar-refractivity contribution is 6.30. The molecule has 1 aliphatic rings. The fraction of sp³-hybridized carbons (Fsp3) is 0.588. The maximum atomic E-state index is 12.3. The highest BCUT2D eigenvalue weighted by Crippen LogP contribution is 2.21. The normalized spacial score (nSPS) is 18.9.